The van der Waals surface area contributed by atoms with Crippen LogP contribution in [0.2, 0.25) is 0 Å². The van der Waals surface area contributed by atoms with Crippen LogP contribution in [-0.2, 0) is 9.59 Å². The second-order valence-corrected chi connectivity index (χ2v) is 6.66. The molecule has 1 aliphatic heterocycles. The normalized spacial score (nSPS) is 15.3. The number of nitrogens with one attached hydrogen (secondary N) is 2. The van der Waals surface area contributed by atoms with Gasteiger partial charge in [0.25, 0.3) is 5.91 Å². The quantitative estimate of drug-likeness (QED) is 0.645. The van der Waals surface area contributed by atoms with Gasteiger partial charge in [-0.2, -0.15) is 0 Å². The van der Waals surface area contributed by atoms with Crippen molar-refractivity contribution in [2.75, 3.05) is 10.2 Å². The maximum absolute atomic E-state index is 12.8. The molecule has 0 aliphatic carbocycles. The SMILES string of the molecule is CC(=O)Nc1ccc(/C=C2\NC(=S)N(c3cc(C)cc(C)c3)C2=O)cc1. The summed E-state index contributed by atoms with van der Waals surface area (Å²) in [5, 5.41) is 6.06. The molecular weight excluding hydrogens is 346 g/mol. The van der Waals surface area contributed by atoms with Crippen molar-refractivity contribution < 1.29 is 9.59 Å². The molecule has 0 aromatic heterocycles. The van der Waals surface area contributed by atoms with Crippen LogP contribution >= 0.6 is 12.2 Å². The van der Waals surface area contributed by atoms with Gasteiger partial charge < -0.3 is 10.6 Å². The monoisotopic (exact) mass is 365 g/mol. The number of aryl methyl sites for hydroxylation is 2. The van der Waals surface area contributed by atoms with Crippen LogP contribution in [0.4, 0.5) is 11.4 Å². The maximum atomic E-state index is 12.8. The van der Waals surface area contributed by atoms with E-state index in [0.717, 1.165) is 22.4 Å². The molecule has 6 heteroatoms. The Balaban J connectivity index is 1.86. The molecule has 0 bridgehead atoms. The number of benzene rings is 2. The minimum Gasteiger partial charge on any atom is -0.327 e. The Morgan fingerprint density at radius 2 is 1.73 bits per heavy atom. The molecule has 26 heavy (non-hydrogen) atoms. The van der Waals surface area contributed by atoms with Gasteiger partial charge in [-0.3, -0.25) is 14.5 Å². The van der Waals surface area contributed by atoms with E-state index >= 15 is 0 Å². The number of hydrogen-bond acceptors (Lipinski definition) is 3. The minimum absolute atomic E-state index is 0.127. The van der Waals surface area contributed by atoms with Crippen LogP contribution in [0.15, 0.2) is 48.2 Å². The van der Waals surface area contributed by atoms with Gasteiger partial charge >= 0.3 is 0 Å². The fourth-order valence-corrected chi connectivity index (χ4v) is 3.18. The molecule has 0 spiro atoms. The molecule has 1 fully saturated rings. The molecule has 0 saturated carbocycles. The lowest BCUT2D eigenvalue weighted by molar-refractivity contribution is -0.114. The standard InChI is InChI=1S/C20H19N3O2S/c1-12-8-13(2)10-17(9-12)23-19(25)18(22-20(23)26)11-15-4-6-16(7-5-15)21-14(3)24/h4-11H,1-3H3,(H,21,24)(H,22,26)/b18-11-. The van der Waals surface area contributed by atoms with Crippen molar-refractivity contribution >= 4 is 46.6 Å². The lowest BCUT2D eigenvalue weighted by Gasteiger charge is -2.15. The first-order valence-corrected chi connectivity index (χ1v) is 8.57. The van der Waals surface area contributed by atoms with Crippen molar-refractivity contribution in [1.29, 1.82) is 0 Å². The van der Waals surface area contributed by atoms with Crippen molar-refractivity contribution in [3.8, 4) is 0 Å². The molecule has 2 amide bonds. The van der Waals surface area contributed by atoms with Gasteiger partial charge in [0.1, 0.15) is 5.70 Å². The number of carbonyl (C=O) groups is 2. The van der Waals surface area contributed by atoms with E-state index in [0.29, 0.717) is 16.5 Å². The van der Waals surface area contributed by atoms with E-state index in [4.69, 9.17) is 12.2 Å². The van der Waals surface area contributed by atoms with Crippen LogP contribution in [0, 0.1) is 13.8 Å². The smallest absolute Gasteiger partial charge is 0.281 e. The highest BCUT2D eigenvalue weighted by molar-refractivity contribution is 7.80. The van der Waals surface area contributed by atoms with Crippen LogP contribution in [0.3, 0.4) is 0 Å². The predicted molar refractivity (Wildman–Crippen MR) is 108 cm³/mol. The zero-order chi connectivity index (χ0) is 18.8. The van der Waals surface area contributed by atoms with E-state index in [9.17, 15) is 9.59 Å². The Morgan fingerprint density at radius 1 is 1.12 bits per heavy atom. The molecule has 0 radical (unpaired) electrons. The van der Waals surface area contributed by atoms with Crippen molar-refractivity contribution in [2.45, 2.75) is 20.8 Å². The summed E-state index contributed by atoms with van der Waals surface area (Å²) in [7, 11) is 0. The number of nitrogens with zero attached hydrogens (tertiary/aromatic N) is 1. The lowest BCUT2D eigenvalue weighted by atomic mass is 10.1. The molecule has 1 heterocycles. The van der Waals surface area contributed by atoms with Gasteiger partial charge in [0.2, 0.25) is 5.91 Å². The largest absolute Gasteiger partial charge is 0.327 e. The minimum atomic E-state index is -0.189. The Morgan fingerprint density at radius 3 is 2.31 bits per heavy atom. The summed E-state index contributed by atoms with van der Waals surface area (Å²) >= 11 is 5.35. The Kier molecular flexibility index (Phi) is 4.86. The highest BCUT2D eigenvalue weighted by Crippen LogP contribution is 2.25. The van der Waals surface area contributed by atoms with Gasteiger partial charge in [-0.1, -0.05) is 18.2 Å². The highest BCUT2D eigenvalue weighted by Gasteiger charge is 2.32. The fraction of sp³-hybridized carbons (Fsp3) is 0.150. The molecule has 132 valence electrons. The van der Waals surface area contributed by atoms with Crippen molar-refractivity contribution in [3.05, 3.63) is 64.9 Å². The number of thiocarbonyl (C=S) groups is 1. The molecule has 3 rings (SSSR count). The third-order valence-corrected chi connectivity index (χ3v) is 4.17. The summed E-state index contributed by atoms with van der Waals surface area (Å²) in [6, 6.07) is 13.1. The van der Waals surface area contributed by atoms with Crippen molar-refractivity contribution in [3.63, 3.8) is 0 Å². The predicted octanol–water partition coefficient (Wildman–Crippen LogP) is 3.52. The average molecular weight is 365 g/mol. The van der Waals surface area contributed by atoms with Crippen LogP contribution in [0.1, 0.15) is 23.6 Å². The second-order valence-electron chi connectivity index (χ2n) is 6.28. The molecule has 0 atom stereocenters. The third kappa shape index (κ3) is 3.81. The number of rotatable bonds is 3. The summed E-state index contributed by atoms with van der Waals surface area (Å²) in [6.07, 6.45) is 1.74. The van der Waals surface area contributed by atoms with Crippen LogP contribution in [0.5, 0.6) is 0 Å². The summed E-state index contributed by atoms with van der Waals surface area (Å²) in [5.74, 6) is -0.316. The van der Waals surface area contributed by atoms with Crippen LogP contribution in [0.25, 0.3) is 6.08 Å². The molecule has 5 nitrogen and oxygen atoms in total. The fourth-order valence-electron chi connectivity index (χ4n) is 2.88. The average Bonchev–Trinajstić information content (AvgIpc) is 2.82. The van der Waals surface area contributed by atoms with Gasteiger partial charge in [0.15, 0.2) is 5.11 Å². The zero-order valence-electron chi connectivity index (χ0n) is 14.8. The maximum Gasteiger partial charge on any atom is 0.281 e. The summed E-state index contributed by atoms with van der Waals surface area (Å²) in [4.78, 5) is 25.4. The Hall–Kier alpha value is -2.99. The van der Waals surface area contributed by atoms with Gasteiger partial charge in [-0.05, 0) is 73.1 Å². The number of hydrogen-bond donors (Lipinski definition) is 2. The Bertz CT molecular complexity index is 912. The zero-order valence-corrected chi connectivity index (χ0v) is 15.6. The van der Waals surface area contributed by atoms with E-state index in [2.05, 4.69) is 10.6 Å². The molecule has 2 N–H and O–H groups in total. The van der Waals surface area contributed by atoms with Crippen molar-refractivity contribution in [1.82, 2.24) is 5.32 Å². The van der Waals surface area contributed by atoms with E-state index < -0.39 is 0 Å². The molecule has 1 aliphatic rings. The molecule has 2 aromatic rings. The van der Waals surface area contributed by atoms with Gasteiger partial charge in [-0.25, -0.2) is 0 Å². The van der Waals surface area contributed by atoms with Crippen LogP contribution in [-0.4, -0.2) is 16.9 Å². The van der Waals surface area contributed by atoms with E-state index in [-0.39, 0.29) is 11.8 Å². The topological polar surface area (TPSA) is 61.4 Å². The van der Waals surface area contributed by atoms with E-state index in [1.165, 1.54) is 11.8 Å². The Labute approximate surface area is 157 Å². The van der Waals surface area contributed by atoms with E-state index in [1.54, 1.807) is 18.2 Å². The summed E-state index contributed by atoms with van der Waals surface area (Å²) < 4.78 is 0. The van der Waals surface area contributed by atoms with Gasteiger partial charge in [0.05, 0.1) is 5.69 Å². The first-order chi connectivity index (χ1) is 12.3. The van der Waals surface area contributed by atoms with Gasteiger partial charge in [-0.15, -0.1) is 0 Å². The van der Waals surface area contributed by atoms with Crippen LogP contribution < -0.4 is 15.5 Å². The number of anilines is 2. The number of carbonyl (C=O) groups excluding carboxylic acids is 2. The highest BCUT2D eigenvalue weighted by atomic mass is 32.1. The van der Waals surface area contributed by atoms with E-state index in [1.807, 2.05) is 44.2 Å². The first-order valence-electron chi connectivity index (χ1n) is 8.16. The summed E-state index contributed by atoms with van der Waals surface area (Å²) in [5.41, 5.74) is 4.86. The molecule has 1 saturated heterocycles. The van der Waals surface area contributed by atoms with Gasteiger partial charge in [0, 0.05) is 12.6 Å². The number of amides is 2. The van der Waals surface area contributed by atoms with Crippen molar-refractivity contribution in [2.24, 2.45) is 0 Å². The molecule has 0 unspecified atom stereocenters. The molecular formula is C20H19N3O2S. The third-order valence-electron chi connectivity index (χ3n) is 3.88. The second kappa shape index (κ2) is 7.09. The first kappa shape index (κ1) is 17.8. The lowest BCUT2D eigenvalue weighted by Crippen LogP contribution is -2.30. The molecule has 2 aromatic carbocycles. The summed E-state index contributed by atoms with van der Waals surface area (Å²) in [6.45, 7) is 5.43.